The third-order valence-electron chi connectivity index (χ3n) is 4.18. The number of aromatic nitrogens is 2. The zero-order chi connectivity index (χ0) is 13.0. The van der Waals surface area contributed by atoms with Crippen LogP contribution < -0.4 is 0 Å². The molecule has 98 valence electrons. The molecular weight excluding hydrogens is 256 g/mol. The van der Waals surface area contributed by atoms with Gasteiger partial charge in [0.25, 0.3) is 0 Å². The summed E-state index contributed by atoms with van der Waals surface area (Å²) < 4.78 is 2.22. The third-order valence-corrected chi connectivity index (χ3v) is 5.32. The Morgan fingerprint density at radius 1 is 1.21 bits per heavy atom. The smallest absolute Gasteiger partial charge is 0.194 e. The highest BCUT2D eigenvalue weighted by Crippen LogP contribution is 2.34. The van der Waals surface area contributed by atoms with Crippen LogP contribution in [0, 0.1) is 6.92 Å². The molecule has 19 heavy (non-hydrogen) atoms. The quantitative estimate of drug-likeness (QED) is 0.798. The summed E-state index contributed by atoms with van der Waals surface area (Å²) >= 11 is 1.81. The highest BCUT2D eigenvalue weighted by molar-refractivity contribution is 7.14. The molecule has 3 nitrogen and oxygen atoms in total. The summed E-state index contributed by atoms with van der Waals surface area (Å²) in [5.41, 5.74) is 4.54. The van der Waals surface area contributed by atoms with Crippen molar-refractivity contribution in [2.45, 2.75) is 45.4 Å². The molecule has 0 saturated heterocycles. The molecule has 0 radical (unpaired) electrons. The van der Waals surface area contributed by atoms with E-state index in [4.69, 9.17) is 4.98 Å². The first-order valence-corrected chi connectivity index (χ1v) is 7.79. The van der Waals surface area contributed by atoms with Crippen molar-refractivity contribution < 1.29 is 4.79 Å². The van der Waals surface area contributed by atoms with Gasteiger partial charge in [-0.1, -0.05) is 0 Å². The molecule has 0 unspecified atom stereocenters. The van der Waals surface area contributed by atoms with E-state index in [9.17, 15) is 4.79 Å². The van der Waals surface area contributed by atoms with Crippen molar-refractivity contribution in [3.63, 3.8) is 0 Å². The van der Waals surface area contributed by atoms with Gasteiger partial charge in [-0.15, -0.1) is 11.3 Å². The van der Waals surface area contributed by atoms with Crippen LogP contribution in [0.5, 0.6) is 0 Å². The van der Waals surface area contributed by atoms with Crippen molar-refractivity contribution >= 4 is 17.1 Å². The zero-order valence-corrected chi connectivity index (χ0v) is 11.8. The normalized spacial score (nSPS) is 17.6. The summed E-state index contributed by atoms with van der Waals surface area (Å²) in [6.07, 6.45) is 6.21. The maximum Gasteiger partial charge on any atom is 0.194 e. The summed E-state index contributed by atoms with van der Waals surface area (Å²) in [5, 5.41) is 1.07. The number of rotatable bonds is 1. The maximum atomic E-state index is 12.0. The van der Waals surface area contributed by atoms with Gasteiger partial charge >= 0.3 is 0 Å². The van der Waals surface area contributed by atoms with Gasteiger partial charge in [-0.05, 0) is 45.1 Å². The van der Waals surface area contributed by atoms with Gasteiger partial charge in [0.05, 0.1) is 5.69 Å². The van der Waals surface area contributed by atoms with Crippen LogP contribution in [0.1, 0.15) is 51.6 Å². The standard InChI is InChI=1S/C15H16N2OS/c1-9-8-10-12(5-3-6-13(10)18)17(9)15-16-11-4-2-7-14(11)19-15/h8H,2-7H2,1H3. The summed E-state index contributed by atoms with van der Waals surface area (Å²) in [4.78, 5) is 18.2. The number of Topliss-reactive ketones (excluding diaryl/α,β-unsaturated/α-hetero) is 1. The predicted molar refractivity (Wildman–Crippen MR) is 75.5 cm³/mol. The molecule has 2 aliphatic rings. The van der Waals surface area contributed by atoms with Gasteiger partial charge in [-0.2, -0.15) is 0 Å². The molecule has 0 saturated carbocycles. The van der Waals surface area contributed by atoms with E-state index in [-0.39, 0.29) is 0 Å². The molecule has 4 heteroatoms. The Morgan fingerprint density at radius 2 is 2.05 bits per heavy atom. The van der Waals surface area contributed by atoms with Crippen LogP contribution in [0.15, 0.2) is 6.07 Å². The van der Waals surface area contributed by atoms with Crippen molar-refractivity contribution in [1.82, 2.24) is 9.55 Å². The number of aryl methyl sites for hydroxylation is 3. The molecule has 2 aliphatic carbocycles. The summed E-state index contributed by atoms with van der Waals surface area (Å²) in [5.74, 6) is 0.298. The van der Waals surface area contributed by atoms with Crippen molar-refractivity contribution in [2.24, 2.45) is 0 Å². The maximum absolute atomic E-state index is 12.0. The minimum absolute atomic E-state index is 0.298. The fourth-order valence-electron chi connectivity index (χ4n) is 3.27. The number of nitrogens with zero attached hydrogens (tertiary/aromatic N) is 2. The number of hydrogen-bond donors (Lipinski definition) is 0. The second kappa shape index (κ2) is 4.04. The number of fused-ring (bicyclic) bond motifs is 2. The monoisotopic (exact) mass is 272 g/mol. The Bertz CT molecular complexity index is 659. The van der Waals surface area contributed by atoms with Crippen LogP contribution in [0.2, 0.25) is 0 Å². The first-order valence-electron chi connectivity index (χ1n) is 6.97. The van der Waals surface area contributed by atoms with Crippen LogP contribution >= 0.6 is 11.3 Å². The van der Waals surface area contributed by atoms with E-state index in [1.54, 1.807) is 0 Å². The Morgan fingerprint density at radius 3 is 2.89 bits per heavy atom. The predicted octanol–water partition coefficient (Wildman–Crippen LogP) is 3.25. The Kier molecular flexibility index (Phi) is 2.42. The van der Waals surface area contributed by atoms with Crippen molar-refractivity contribution in [1.29, 1.82) is 0 Å². The first kappa shape index (κ1) is 11.4. The molecule has 0 amide bonds. The Hall–Kier alpha value is -1.42. The lowest BCUT2D eigenvalue weighted by Gasteiger charge is -2.13. The average molecular weight is 272 g/mol. The fraction of sp³-hybridized carbons (Fsp3) is 0.467. The summed E-state index contributed by atoms with van der Waals surface area (Å²) in [6.45, 7) is 2.08. The minimum atomic E-state index is 0.298. The molecule has 0 fully saturated rings. The van der Waals surface area contributed by atoms with Crippen molar-refractivity contribution in [3.05, 3.63) is 33.6 Å². The molecule has 0 N–H and O–H groups in total. The first-order chi connectivity index (χ1) is 9.24. The van der Waals surface area contributed by atoms with E-state index >= 15 is 0 Å². The van der Waals surface area contributed by atoms with E-state index in [1.807, 2.05) is 17.4 Å². The molecule has 2 heterocycles. The van der Waals surface area contributed by atoms with Crippen LogP contribution in [-0.2, 0) is 19.3 Å². The lowest BCUT2D eigenvalue weighted by atomic mass is 9.97. The van der Waals surface area contributed by atoms with Gasteiger partial charge in [0.1, 0.15) is 0 Å². The Labute approximate surface area is 116 Å². The van der Waals surface area contributed by atoms with Crippen molar-refractivity contribution in [3.8, 4) is 5.13 Å². The molecular formula is C15H16N2OS. The summed E-state index contributed by atoms with van der Waals surface area (Å²) in [6, 6.07) is 2.04. The van der Waals surface area contributed by atoms with Gasteiger partial charge in [0.15, 0.2) is 10.9 Å². The van der Waals surface area contributed by atoms with E-state index in [0.29, 0.717) is 12.2 Å². The van der Waals surface area contributed by atoms with Gasteiger partial charge in [0.2, 0.25) is 0 Å². The highest BCUT2D eigenvalue weighted by atomic mass is 32.1. The lowest BCUT2D eigenvalue weighted by Crippen LogP contribution is -2.12. The molecule has 0 aromatic carbocycles. The second-order valence-electron chi connectivity index (χ2n) is 5.48. The topological polar surface area (TPSA) is 34.9 Å². The van der Waals surface area contributed by atoms with Crippen LogP contribution in [0.4, 0.5) is 0 Å². The molecule has 2 aromatic rings. The van der Waals surface area contributed by atoms with Gasteiger partial charge in [0, 0.05) is 28.2 Å². The van der Waals surface area contributed by atoms with E-state index < -0.39 is 0 Å². The largest absolute Gasteiger partial charge is 0.294 e. The van der Waals surface area contributed by atoms with E-state index in [2.05, 4.69) is 11.5 Å². The van der Waals surface area contributed by atoms with E-state index in [1.165, 1.54) is 29.1 Å². The minimum Gasteiger partial charge on any atom is -0.294 e. The molecule has 4 rings (SSSR count). The zero-order valence-electron chi connectivity index (χ0n) is 11.0. The molecule has 0 atom stereocenters. The number of carbonyl (C=O) groups is 1. The Balaban J connectivity index is 1.88. The van der Waals surface area contributed by atoms with E-state index in [0.717, 1.165) is 35.7 Å². The fourth-order valence-corrected chi connectivity index (χ4v) is 4.50. The van der Waals surface area contributed by atoms with Crippen LogP contribution in [0.25, 0.3) is 5.13 Å². The third kappa shape index (κ3) is 1.62. The summed E-state index contributed by atoms with van der Waals surface area (Å²) in [7, 11) is 0. The second-order valence-corrected chi connectivity index (χ2v) is 6.54. The number of hydrogen-bond acceptors (Lipinski definition) is 3. The number of thiazole rings is 1. The van der Waals surface area contributed by atoms with Crippen molar-refractivity contribution in [2.75, 3.05) is 0 Å². The lowest BCUT2D eigenvalue weighted by molar-refractivity contribution is 0.0972. The van der Waals surface area contributed by atoms with Crippen LogP contribution in [-0.4, -0.2) is 15.3 Å². The molecule has 0 bridgehead atoms. The molecule has 0 aliphatic heterocycles. The highest BCUT2D eigenvalue weighted by Gasteiger charge is 2.25. The van der Waals surface area contributed by atoms with Crippen LogP contribution in [0.3, 0.4) is 0 Å². The SMILES string of the molecule is Cc1cc2c(n1-c1nc3c(s1)CCC3)CCCC2=O. The molecule has 0 spiro atoms. The van der Waals surface area contributed by atoms with Gasteiger partial charge < -0.3 is 0 Å². The number of carbonyl (C=O) groups excluding carboxylic acids is 1. The average Bonchev–Trinajstić information content (AvgIpc) is 3.00. The van der Waals surface area contributed by atoms with Gasteiger partial charge in [-0.3, -0.25) is 9.36 Å². The molecule has 2 aromatic heterocycles. The number of ketones is 1. The van der Waals surface area contributed by atoms with Gasteiger partial charge in [-0.25, -0.2) is 4.98 Å².